The van der Waals surface area contributed by atoms with Crippen molar-refractivity contribution in [1.29, 1.82) is 0 Å². The van der Waals surface area contributed by atoms with Crippen LogP contribution in [0.4, 0.5) is 5.95 Å². The zero-order chi connectivity index (χ0) is 14.4. The van der Waals surface area contributed by atoms with Crippen molar-refractivity contribution in [3.63, 3.8) is 0 Å². The lowest BCUT2D eigenvalue weighted by Gasteiger charge is -2.37. The number of fused-ring (bicyclic) bond motifs is 3. The lowest BCUT2D eigenvalue weighted by atomic mass is 9.95. The molecule has 0 amide bonds. The zero-order valence-corrected chi connectivity index (χ0v) is 11.8. The SMILES string of the molecule is C[C@]1(O)C[C@H](c2ccccc2)n2c(nc3ccccc32)N1. The van der Waals surface area contributed by atoms with Crippen LogP contribution in [0.25, 0.3) is 11.0 Å². The molecule has 0 fully saturated rings. The maximum absolute atomic E-state index is 10.5. The zero-order valence-electron chi connectivity index (χ0n) is 11.8. The Morgan fingerprint density at radius 1 is 1.14 bits per heavy atom. The van der Waals surface area contributed by atoms with Gasteiger partial charge in [0.2, 0.25) is 5.95 Å². The monoisotopic (exact) mass is 279 g/mol. The molecule has 2 N–H and O–H groups in total. The summed E-state index contributed by atoms with van der Waals surface area (Å²) in [6, 6.07) is 18.4. The largest absolute Gasteiger partial charge is 0.371 e. The molecule has 21 heavy (non-hydrogen) atoms. The van der Waals surface area contributed by atoms with Gasteiger partial charge in [0.1, 0.15) is 5.72 Å². The van der Waals surface area contributed by atoms with Gasteiger partial charge in [-0.2, -0.15) is 0 Å². The molecule has 2 heterocycles. The summed E-state index contributed by atoms with van der Waals surface area (Å²) in [6.07, 6.45) is 0.602. The van der Waals surface area contributed by atoms with Crippen LogP contribution in [0.2, 0.25) is 0 Å². The molecule has 2 aromatic carbocycles. The Kier molecular flexibility index (Phi) is 2.56. The molecule has 4 heteroatoms. The van der Waals surface area contributed by atoms with E-state index < -0.39 is 5.72 Å². The Labute approximate surface area is 123 Å². The lowest BCUT2D eigenvalue weighted by molar-refractivity contribution is 0.0597. The summed E-state index contributed by atoms with van der Waals surface area (Å²) < 4.78 is 2.18. The highest BCUT2D eigenvalue weighted by molar-refractivity contribution is 5.79. The van der Waals surface area contributed by atoms with E-state index in [1.807, 2.05) is 36.4 Å². The highest BCUT2D eigenvalue weighted by Gasteiger charge is 2.35. The molecule has 4 rings (SSSR count). The normalized spacial score (nSPS) is 24.6. The number of hydrogen-bond donors (Lipinski definition) is 2. The Morgan fingerprint density at radius 3 is 2.67 bits per heavy atom. The summed E-state index contributed by atoms with van der Waals surface area (Å²) in [6.45, 7) is 1.80. The number of hydrogen-bond acceptors (Lipinski definition) is 3. The van der Waals surface area contributed by atoms with Crippen LogP contribution in [0, 0.1) is 0 Å². The van der Waals surface area contributed by atoms with E-state index in [1.165, 1.54) is 5.56 Å². The van der Waals surface area contributed by atoms with E-state index in [1.54, 1.807) is 6.92 Å². The van der Waals surface area contributed by atoms with E-state index in [0.29, 0.717) is 6.42 Å². The first-order valence-corrected chi connectivity index (χ1v) is 7.16. The van der Waals surface area contributed by atoms with Crippen molar-refractivity contribution in [2.75, 3.05) is 5.32 Å². The Bertz CT molecular complexity index is 792. The smallest absolute Gasteiger partial charge is 0.206 e. The molecule has 1 aliphatic heterocycles. The predicted molar refractivity (Wildman–Crippen MR) is 83.2 cm³/mol. The first-order valence-electron chi connectivity index (χ1n) is 7.16. The van der Waals surface area contributed by atoms with E-state index in [0.717, 1.165) is 17.0 Å². The van der Waals surface area contributed by atoms with Crippen LogP contribution in [0.5, 0.6) is 0 Å². The number of para-hydroxylation sites is 2. The average Bonchev–Trinajstić information content (AvgIpc) is 2.83. The second-order valence-electron chi connectivity index (χ2n) is 5.82. The molecule has 3 aromatic rings. The number of rotatable bonds is 1. The molecule has 4 nitrogen and oxygen atoms in total. The molecular formula is C17H17N3O. The van der Waals surface area contributed by atoms with E-state index in [2.05, 4.69) is 33.1 Å². The fourth-order valence-corrected chi connectivity index (χ4v) is 3.15. The molecule has 0 spiro atoms. The molecule has 0 aliphatic carbocycles. The Balaban J connectivity index is 1.97. The fraction of sp³-hybridized carbons (Fsp3) is 0.235. The third kappa shape index (κ3) is 1.99. The molecule has 0 radical (unpaired) electrons. The van der Waals surface area contributed by atoms with Crippen LogP contribution in [-0.4, -0.2) is 20.4 Å². The van der Waals surface area contributed by atoms with Gasteiger partial charge in [0.25, 0.3) is 0 Å². The summed E-state index contributed by atoms with van der Waals surface area (Å²) in [4.78, 5) is 4.62. The number of nitrogens with one attached hydrogen (secondary N) is 1. The topological polar surface area (TPSA) is 50.1 Å². The van der Waals surface area contributed by atoms with E-state index >= 15 is 0 Å². The number of anilines is 1. The number of aromatic nitrogens is 2. The molecule has 0 saturated carbocycles. The maximum atomic E-state index is 10.5. The van der Waals surface area contributed by atoms with E-state index in [9.17, 15) is 5.11 Å². The van der Waals surface area contributed by atoms with Gasteiger partial charge >= 0.3 is 0 Å². The second kappa shape index (κ2) is 4.33. The van der Waals surface area contributed by atoms with Crippen molar-refractivity contribution in [2.24, 2.45) is 0 Å². The number of benzene rings is 2. The first-order chi connectivity index (χ1) is 10.1. The molecule has 0 unspecified atom stereocenters. The van der Waals surface area contributed by atoms with E-state index in [-0.39, 0.29) is 6.04 Å². The van der Waals surface area contributed by atoms with Gasteiger partial charge in [0, 0.05) is 6.42 Å². The van der Waals surface area contributed by atoms with Crippen molar-refractivity contribution < 1.29 is 5.11 Å². The van der Waals surface area contributed by atoms with Crippen molar-refractivity contribution in [3.05, 3.63) is 60.2 Å². The van der Waals surface area contributed by atoms with Gasteiger partial charge in [-0.05, 0) is 24.6 Å². The van der Waals surface area contributed by atoms with Crippen molar-refractivity contribution in [2.45, 2.75) is 25.1 Å². The van der Waals surface area contributed by atoms with Gasteiger partial charge in [-0.1, -0.05) is 42.5 Å². The first kappa shape index (κ1) is 12.4. The van der Waals surface area contributed by atoms with Gasteiger partial charge < -0.3 is 15.0 Å². The van der Waals surface area contributed by atoms with Crippen LogP contribution in [0.3, 0.4) is 0 Å². The number of imidazole rings is 1. The van der Waals surface area contributed by atoms with Crippen LogP contribution < -0.4 is 5.32 Å². The average molecular weight is 279 g/mol. The Morgan fingerprint density at radius 2 is 1.86 bits per heavy atom. The van der Waals surface area contributed by atoms with Gasteiger partial charge in [-0.3, -0.25) is 0 Å². The predicted octanol–water partition coefficient (Wildman–Crippen LogP) is 3.15. The molecule has 2 atom stereocenters. The number of aliphatic hydroxyl groups is 1. The highest BCUT2D eigenvalue weighted by atomic mass is 16.3. The van der Waals surface area contributed by atoms with Crippen LogP contribution in [-0.2, 0) is 0 Å². The summed E-state index contributed by atoms with van der Waals surface area (Å²) in [7, 11) is 0. The minimum absolute atomic E-state index is 0.0739. The number of nitrogens with zero attached hydrogens (tertiary/aromatic N) is 2. The fourth-order valence-electron chi connectivity index (χ4n) is 3.15. The van der Waals surface area contributed by atoms with Gasteiger partial charge in [-0.15, -0.1) is 0 Å². The molecule has 106 valence electrons. The van der Waals surface area contributed by atoms with Crippen molar-refractivity contribution >= 4 is 17.0 Å². The third-order valence-electron chi connectivity index (χ3n) is 4.06. The summed E-state index contributed by atoms with van der Waals surface area (Å²) >= 11 is 0. The highest BCUT2D eigenvalue weighted by Crippen LogP contribution is 2.38. The summed E-state index contributed by atoms with van der Waals surface area (Å²) in [5, 5.41) is 13.6. The van der Waals surface area contributed by atoms with Crippen molar-refractivity contribution in [3.8, 4) is 0 Å². The molecule has 1 aromatic heterocycles. The summed E-state index contributed by atoms with van der Waals surface area (Å²) in [5.41, 5.74) is 2.25. The van der Waals surface area contributed by atoms with Gasteiger partial charge in [0.05, 0.1) is 17.1 Å². The Hall–Kier alpha value is -2.33. The maximum Gasteiger partial charge on any atom is 0.206 e. The lowest BCUT2D eigenvalue weighted by Crippen LogP contribution is -2.42. The second-order valence-corrected chi connectivity index (χ2v) is 5.82. The molecular weight excluding hydrogens is 262 g/mol. The standard InChI is InChI=1S/C17H17N3O/c1-17(21)11-15(12-7-3-2-4-8-12)20-14-10-6-5-9-13(14)18-16(20)19-17/h2-10,15,21H,11H2,1H3,(H,18,19)/t15-,17+/m1/s1. The van der Waals surface area contributed by atoms with Gasteiger partial charge in [0.15, 0.2) is 0 Å². The van der Waals surface area contributed by atoms with Crippen LogP contribution in [0.15, 0.2) is 54.6 Å². The molecule has 0 saturated heterocycles. The minimum Gasteiger partial charge on any atom is -0.371 e. The van der Waals surface area contributed by atoms with Crippen LogP contribution >= 0.6 is 0 Å². The molecule has 0 bridgehead atoms. The van der Waals surface area contributed by atoms with Crippen molar-refractivity contribution in [1.82, 2.24) is 9.55 Å². The third-order valence-corrected chi connectivity index (χ3v) is 4.06. The summed E-state index contributed by atoms with van der Waals surface area (Å²) in [5.74, 6) is 0.723. The van der Waals surface area contributed by atoms with Gasteiger partial charge in [-0.25, -0.2) is 4.98 Å². The molecule has 1 aliphatic rings. The quantitative estimate of drug-likeness (QED) is 0.719. The minimum atomic E-state index is -0.960. The van der Waals surface area contributed by atoms with E-state index in [4.69, 9.17) is 0 Å². The van der Waals surface area contributed by atoms with Crippen LogP contribution in [0.1, 0.15) is 24.9 Å².